The first-order chi connectivity index (χ1) is 24.5. The van der Waals surface area contributed by atoms with Crippen LogP contribution in [0.4, 0.5) is 0 Å². The molecule has 0 heterocycles. The lowest BCUT2D eigenvalue weighted by atomic mass is 10.0. The topological polar surface area (TPSA) is 336 Å². The molecule has 6 amide bonds. The highest BCUT2D eigenvalue weighted by Crippen LogP contribution is 2.11. The van der Waals surface area contributed by atoms with E-state index in [4.69, 9.17) is 10.8 Å². The van der Waals surface area contributed by atoms with Gasteiger partial charge in [-0.25, -0.2) is 4.79 Å². The summed E-state index contributed by atoms with van der Waals surface area (Å²) in [4.78, 5) is 100. The maximum Gasteiger partial charge on any atom is 0.326 e. The molecule has 1 aromatic carbocycles. The molecule has 0 saturated heterocycles. The van der Waals surface area contributed by atoms with E-state index in [1.54, 1.807) is 26.0 Å². The Bertz CT molecular complexity index is 1470. The number of carbonyl (C=O) groups is 8. The van der Waals surface area contributed by atoms with Crippen molar-refractivity contribution in [2.45, 2.75) is 115 Å². The molecule has 0 aliphatic heterocycles. The van der Waals surface area contributed by atoms with Gasteiger partial charge in [-0.1, -0.05) is 26.0 Å². The molecule has 0 spiro atoms. The molecule has 20 heteroatoms. The number of aliphatic carboxylic acids is 2. The van der Waals surface area contributed by atoms with Crippen LogP contribution in [0.5, 0.6) is 5.75 Å². The number of phenolic OH excluding ortho intramolecular Hbond substituents is 1. The van der Waals surface area contributed by atoms with Crippen molar-refractivity contribution < 1.29 is 63.9 Å². The monoisotopic (exact) mass is 753 g/mol. The number of carboxylic acids is 2. The summed E-state index contributed by atoms with van der Waals surface area (Å²) >= 11 is 0. The minimum absolute atomic E-state index is 0.00227. The second kappa shape index (κ2) is 21.2. The molecule has 1 aromatic rings. The molecule has 53 heavy (non-hydrogen) atoms. The van der Waals surface area contributed by atoms with Crippen molar-refractivity contribution in [3.05, 3.63) is 29.8 Å². The molecular formula is C33H51N7O13. The van der Waals surface area contributed by atoms with Gasteiger partial charge in [0.1, 0.15) is 42.0 Å². The third-order valence-electron chi connectivity index (χ3n) is 7.69. The molecule has 0 aliphatic rings. The van der Waals surface area contributed by atoms with Crippen LogP contribution in [0, 0.1) is 5.92 Å². The Labute approximate surface area is 305 Å². The standard InChI is InChI=1S/C33H51N7O13/c1-14(2)11-22(30(49)36-15(3)27(46)38-23(33(52)53)13-24(44)45)37-31(50)25(17(5)41)40-32(51)26(18(6)42)39-28(47)16(4)35-29(48)21(34)12-19-7-9-20(43)10-8-19/h7-10,14-18,21-23,25-26,41-43H,11-13,34H2,1-6H3,(H,35,48)(H,36,49)(H,37,50)(H,38,46)(H,39,47)(H,40,51)(H,44,45)(H,52,53)/t15-,16-,17+,18+,21-,22-,23-,25-,26-/m0/s1. The summed E-state index contributed by atoms with van der Waals surface area (Å²) in [6, 6.07) is -4.27. The number of aliphatic hydroxyl groups is 2. The van der Waals surface area contributed by atoms with E-state index in [-0.39, 0.29) is 24.5 Å². The third-order valence-corrected chi connectivity index (χ3v) is 7.69. The summed E-state index contributed by atoms with van der Waals surface area (Å²) in [6.07, 6.45) is -3.96. The van der Waals surface area contributed by atoms with Gasteiger partial charge in [0.2, 0.25) is 35.4 Å². The normalized spacial score (nSPS) is 16.2. The molecule has 0 unspecified atom stereocenters. The zero-order chi connectivity index (χ0) is 40.7. The Kier molecular flexibility index (Phi) is 18.3. The second-order valence-corrected chi connectivity index (χ2v) is 13.1. The lowest BCUT2D eigenvalue weighted by Crippen LogP contribution is -2.63. The van der Waals surface area contributed by atoms with Crippen LogP contribution < -0.4 is 37.6 Å². The Morgan fingerprint density at radius 3 is 1.49 bits per heavy atom. The van der Waals surface area contributed by atoms with Gasteiger partial charge in [0, 0.05) is 0 Å². The minimum Gasteiger partial charge on any atom is -0.508 e. The van der Waals surface area contributed by atoms with E-state index < -0.39 is 108 Å². The number of aromatic hydroxyl groups is 1. The number of rotatable bonds is 21. The molecule has 9 atom stereocenters. The van der Waals surface area contributed by atoms with Crippen LogP contribution in [-0.4, -0.2) is 127 Å². The van der Waals surface area contributed by atoms with Crippen molar-refractivity contribution >= 4 is 47.4 Å². The summed E-state index contributed by atoms with van der Waals surface area (Å²) in [5, 5.41) is 61.9. The Morgan fingerprint density at radius 1 is 0.604 bits per heavy atom. The summed E-state index contributed by atoms with van der Waals surface area (Å²) in [6.45, 7) is 8.24. The van der Waals surface area contributed by atoms with Crippen LogP contribution in [0.3, 0.4) is 0 Å². The molecule has 0 bridgehead atoms. The number of carbonyl (C=O) groups excluding carboxylic acids is 6. The lowest BCUT2D eigenvalue weighted by molar-refractivity contribution is -0.147. The van der Waals surface area contributed by atoms with Crippen molar-refractivity contribution in [2.24, 2.45) is 11.7 Å². The van der Waals surface area contributed by atoms with Crippen molar-refractivity contribution in [3.8, 4) is 5.75 Å². The van der Waals surface area contributed by atoms with Gasteiger partial charge in [0.25, 0.3) is 0 Å². The fourth-order valence-electron chi connectivity index (χ4n) is 4.71. The maximum atomic E-state index is 13.3. The van der Waals surface area contributed by atoms with Crippen molar-refractivity contribution in [3.63, 3.8) is 0 Å². The average Bonchev–Trinajstić information content (AvgIpc) is 3.05. The highest BCUT2D eigenvalue weighted by Gasteiger charge is 2.35. The van der Waals surface area contributed by atoms with E-state index in [0.717, 1.165) is 6.92 Å². The van der Waals surface area contributed by atoms with Crippen molar-refractivity contribution in [1.29, 1.82) is 0 Å². The predicted octanol–water partition coefficient (Wildman–Crippen LogP) is -3.42. The number of hydrogen-bond acceptors (Lipinski definition) is 12. The molecule has 296 valence electrons. The van der Waals surface area contributed by atoms with Gasteiger partial charge in [-0.15, -0.1) is 0 Å². The number of nitrogens with one attached hydrogen (secondary N) is 6. The molecule has 0 aliphatic carbocycles. The molecule has 0 fully saturated rings. The largest absolute Gasteiger partial charge is 0.508 e. The SMILES string of the molecule is CC(C)C[C@H](NC(=O)[C@@H](NC(=O)[C@@H](NC(=O)[C@H](C)NC(=O)[C@@H](N)Cc1ccc(O)cc1)[C@@H](C)O)[C@@H](C)O)C(=O)N[C@@H](C)C(=O)N[C@@H](CC(=O)O)C(=O)O. The predicted molar refractivity (Wildman–Crippen MR) is 185 cm³/mol. The number of benzene rings is 1. The van der Waals surface area contributed by atoms with Crippen LogP contribution in [-0.2, 0) is 44.8 Å². The van der Waals surface area contributed by atoms with Crippen LogP contribution in [0.2, 0.25) is 0 Å². The van der Waals surface area contributed by atoms with Gasteiger partial charge >= 0.3 is 11.9 Å². The summed E-state index contributed by atoms with van der Waals surface area (Å²) in [7, 11) is 0. The van der Waals surface area contributed by atoms with Gasteiger partial charge in [-0.2, -0.15) is 0 Å². The highest BCUT2D eigenvalue weighted by atomic mass is 16.4. The van der Waals surface area contributed by atoms with Crippen LogP contribution in [0.25, 0.3) is 0 Å². The van der Waals surface area contributed by atoms with Gasteiger partial charge in [-0.05, 0) is 64.2 Å². The fourth-order valence-corrected chi connectivity index (χ4v) is 4.71. The maximum absolute atomic E-state index is 13.3. The van der Waals surface area contributed by atoms with Crippen molar-refractivity contribution in [1.82, 2.24) is 31.9 Å². The summed E-state index contributed by atoms with van der Waals surface area (Å²) in [5.41, 5.74) is 6.59. The zero-order valence-electron chi connectivity index (χ0n) is 30.3. The molecule has 13 N–H and O–H groups in total. The van der Waals surface area contributed by atoms with Crippen LogP contribution in [0.15, 0.2) is 24.3 Å². The minimum atomic E-state index is -1.78. The molecule has 0 radical (unpaired) electrons. The number of nitrogens with two attached hydrogens (primary N) is 1. The quantitative estimate of drug-likeness (QED) is 0.0582. The number of hydrogen-bond donors (Lipinski definition) is 12. The highest BCUT2D eigenvalue weighted by molar-refractivity contribution is 5.97. The van der Waals surface area contributed by atoms with E-state index in [1.165, 1.54) is 32.9 Å². The van der Waals surface area contributed by atoms with Gasteiger partial charge in [0.15, 0.2) is 0 Å². The first-order valence-electron chi connectivity index (χ1n) is 16.7. The van der Waals surface area contributed by atoms with Gasteiger partial charge in [0.05, 0.1) is 24.7 Å². The summed E-state index contributed by atoms with van der Waals surface area (Å²) in [5.74, 6) is -8.99. The molecular weight excluding hydrogens is 702 g/mol. The van der Waals surface area contributed by atoms with Gasteiger partial charge in [-0.3, -0.25) is 33.6 Å². The van der Waals surface area contributed by atoms with Crippen LogP contribution >= 0.6 is 0 Å². The smallest absolute Gasteiger partial charge is 0.326 e. The lowest BCUT2D eigenvalue weighted by Gasteiger charge is -2.29. The number of carboxylic acid groups (broad SMARTS) is 2. The number of phenols is 1. The van der Waals surface area contributed by atoms with E-state index in [2.05, 4.69) is 26.6 Å². The summed E-state index contributed by atoms with van der Waals surface area (Å²) < 4.78 is 0. The molecule has 0 aromatic heterocycles. The molecule has 1 rings (SSSR count). The third kappa shape index (κ3) is 15.8. The second-order valence-electron chi connectivity index (χ2n) is 13.1. The first kappa shape index (κ1) is 45.7. The molecule has 20 nitrogen and oxygen atoms in total. The van der Waals surface area contributed by atoms with E-state index in [1.807, 2.05) is 5.32 Å². The van der Waals surface area contributed by atoms with E-state index in [0.29, 0.717) is 5.56 Å². The van der Waals surface area contributed by atoms with Gasteiger partial charge < -0.3 is 63.2 Å². The number of amides is 6. The Hall–Kier alpha value is -5.34. The first-order valence-corrected chi connectivity index (χ1v) is 16.7. The average molecular weight is 754 g/mol. The van der Waals surface area contributed by atoms with Crippen molar-refractivity contribution in [2.75, 3.05) is 0 Å². The Morgan fingerprint density at radius 2 is 1.04 bits per heavy atom. The number of aliphatic hydroxyl groups excluding tert-OH is 2. The zero-order valence-corrected chi connectivity index (χ0v) is 30.3. The molecule has 0 saturated carbocycles. The van der Waals surface area contributed by atoms with E-state index >= 15 is 0 Å². The fraction of sp³-hybridized carbons (Fsp3) is 0.576. The van der Waals surface area contributed by atoms with Crippen LogP contribution in [0.1, 0.15) is 59.9 Å². The van der Waals surface area contributed by atoms with E-state index in [9.17, 15) is 58.8 Å². The Balaban J connectivity index is 2.98.